The molecule has 1 aromatic heterocycles. The Balaban J connectivity index is 1.71. The van der Waals surface area contributed by atoms with Crippen molar-refractivity contribution in [2.45, 2.75) is 38.1 Å². The Bertz CT molecular complexity index is 555. The molecule has 2 fully saturated rings. The summed E-state index contributed by atoms with van der Waals surface area (Å²) in [5.41, 5.74) is 5.85. The fourth-order valence-electron chi connectivity index (χ4n) is 2.85. The molecule has 0 radical (unpaired) electrons. The predicted molar refractivity (Wildman–Crippen MR) is 83.8 cm³/mol. The van der Waals surface area contributed by atoms with Crippen LogP contribution < -0.4 is 16.2 Å². The molecule has 6 heteroatoms. The van der Waals surface area contributed by atoms with Gasteiger partial charge in [0.05, 0.1) is 0 Å². The van der Waals surface area contributed by atoms with Crippen molar-refractivity contribution in [3.05, 3.63) is 22.2 Å². The van der Waals surface area contributed by atoms with Crippen molar-refractivity contribution in [3.63, 3.8) is 0 Å². The van der Waals surface area contributed by atoms with Gasteiger partial charge >= 0.3 is 0 Å². The van der Waals surface area contributed by atoms with E-state index in [4.69, 9.17) is 5.73 Å². The van der Waals surface area contributed by atoms with E-state index in [2.05, 4.69) is 33.6 Å². The summed E-state index contributed by atoms with van der Waals surface area (Å²) in [6.45, 7) is 8.71. The molecule has 0 spiro atoms. The lowest BCUT2D eigenvalue weighted by Crippen LogP contribution is -2.57. The number of hydrogen-bond donors (Lipinski definition) is 2. The highest BCUT2D eigenvalue weighted by Gasteiger charge is 2.30. The summed E-state index contributed by atoms with van der Waals surface area (Å²) in [4.78, 5) is 24.0. The smallest absolute Gasteiger partial charge is 0.252 e. The molecule has 21 heavy (non-hydrogen) atoms. The molecular formula is C15H25N5O. The minimum Gasteiger partial charge on any atom is -0.354 e. The third kappa shape index (κ3) is 3.11. The number of anilines is 1. The van der Waals surface area contributed by atoms with Gasteiger partial charge in [-0.15, -0.1) is 0 Å². The van der Waals surface area contributed by atoms with Crippen LogP contribution in [0.3, 0.4) is 0 Å². The molecule has 0 atom stereocenters. The van der Waals surface area contributed by atoms with Crippen molar-refractivity contribution in [2.75, 3.05) is 37.6 Å². The zero-order valence-electron chi connectivity index (χ0n) is 12.9. The first-order valence-electron chi connectivity index (χ1n) is 7.81. The summed E-state index contributed by atoms with van der Waals surface area (Å²) in [6, 6.07) is 1.62. The zero-order chi connectivity index (χ0) is 15.0. The predicted octanol–water partition coefficient (Wildman–Crippen LogP) is 0.507. The van der Waals surface area contributed by atoms with Gasteiger partial charge in [-0.3, -0.25) is 9.69 Å². The Labute approximate surface area is 125 Å². The van der Waals surface area contributed by atoms with E-state index < -0.39 is 0 Å². The molecule has 0 bridgehead atoms. The van der Waals surface area contributed by atoms with E-state index >= 15 is 0 Å². The first kappa shape index (κ1) is 14.5. The van der Waals surface area contributed by atoms with Crippen LogP contribution in [0.25, 0.3) is 0 Å². The van der Waals surface area contributed by atoms with Gasteiger partial charge in [-0.25, -0.2) is 4.98 Å². The van der Waals surface area contributed by atoms with Crippen LogP contribution in [0.1, 0.15) is 38.4 Å². The second-order valence-corrected chi connectivity index (χ2v) is 6.75. The molecule has 2 aliphatic rings. The molecular weight excluding hydrogens is 266 g/mol. The lowest BCUT2D eigenvalue weighted by Gasteiger charge is -2.43. The molecule has 0 amide bonds. The average molecular weight is 291 g/mol. The zero-order valence-corrected chi connectivity index (χ0v) is 12.9. The number of H-pyrrole nitrogens is 1. The Hall–Kier alpha value is -1.40. The fourth-order valence-corrected chi connectivity index (χ4v) is 2.85. The highest BCUT2D eigenvalue weighted by atomic mass is 16.1. The summed E-state index contributed by atoms with van der Waals surface area (Å²) in [7, 11) is 0. The molecule has 3 N–H and O–H groups in total. The molecule has 2 heterocycles. The van der Waals surface area contributed by atoms with Gasteiger partial charge < -0.3 is 15.6 Å². The van der Waals surface area contributed by atoms with Crippen molar-refractivity contribution in [2.24, 2.45) is 5.73 Å². The average Bonchev–Trinajstić information content (AvgIpc) is 3.31. The summed E-state index contributed by atoms with van der Waals surface area (Å²) in [5, 5.41) is 0. The topological polar surface area (TPSA) is 78.2 Å². The second-order valence-electron chi connectivity index (χ2n) is 6.75. The Morgan fingerprint density at radius 3 is 2.57 bits per heavy atom. The molecule has 0 unspecified atom stereocenters. The number of piperazine rings is 1. The van der Waals surface area contributed by atoms with Gasteiger partial charge in [-0.2, -0.15) is 0 Å². The Morgan fingerprint density at radius 2 is 2.00 bits per heavy atom. The molecule has 6 nitrogen and oxygen atoms in total. The van der Waals surface area contributed by atoms with Crippen molar-refractivity contribution >= 4 is 5.82 Å². The standard InChI is InChI=1S/C15H25N5O/c1-15(2,10-16)20-7-5-19(6-8-20)12-9-13(21)18-14(17-12)11-3-4-11/h9,11H,3-8,10,16H2,1-2H3,(H,17,18,21). The molecule has 1 saturated carbocycles. The van der Waals surface area contributed by atoms with Crippen LogP contribution in [0.2, 0.25) is 0 Å². The Morgan fingerprint density at radius 1 is 1.33 bits per heavy atom. The van der Waals surface area contributed by atoms with E-state index in [9.17, 15) is 4.79 Å². The molecule has 1 aromatic rings. The van der Waals surface area contributed by atoms with E-state index in [1.807, 2.05) is 0 Å². The number of rotatable bonds is 4. The van der Waals surface area contributed by atoms with Crippen LogP contribution in [0.15, 0.2) is 10.9 Å². The van der Waals surface area contributed by atoms with Gasteiger partial charge in [0.1, 0.15) is 11.6 Å². The van der Waals surface area contributed by atoms with E-state index in [0.29, 0.717) is 12.5 Å². The number of aromatic nitrogens is 2. The summed E-state index contributed by atoms with van der Waals surface area (Å²) in [5.74, 6) is 2.16. The number of nitrogens with zero attached hydrogens (tertiary/aromatic N) is 3. The maximum Gasteiger partial charge on any atom is 0.252 e. The van der Waals surface area contributed by atoms with Crippen LogP contribution >= 0.6 is 0 Å². The normalized spacial score (nSPS) is 20.8. The van der Waals surface area contributed by atoms with E-state index in [0.717, 1.165) is 50.7 Å². The van der Waals surface area contributed by atoms with E-state index in [-0.39, 0.29) is 11.1 Å². The van der Waals surface area contributed by atoms with Crippen LogP contribution in [0.5, 0.6) is 0 Å². The number of hydrogen-bond acceptors (Lipinski definition) is 5. The third-order valence-electron chi connectivity index (χ3n) is 4.67. The van der Waals surface area contributed by atoms with Gasteiger partial charge in [-0.1, -0.05) is 0 Å². The van der Waals surface area contributed by atoms with Crippen molar-refractivity contribution in [1.29, 1.82) is 0 Å². The van der Waals surface area contributed by atoms with E-state index in [1.54, 1.807) is 6.07 Å². The van der Waals surface area contributed by atoms with Gasteiger partial charge in [0.2, 0.25) is 0 Å². The molecule has 0 aromatic carbocycles. The maximum atomic E-state index is 11.8. The van der Waals surface area contributed by atoms with Crippen LogP contribution in [0.4, 0.5) is 5.82 Å². The third-order valence-corrected chi connectivity index (χ3v) is 4.67. The lowest BCUT2D eigenvalue weighted by atomic mass is 10.0. The second kappa shape index (κ2) is 5.42. The molecule has 1 aliphatic heterocycles. The first-order chi connectivity index (χ1) is 9.99. The van der Waals surface area contributed by atoms with Crippen LogP contribution in [-0.4, -0.2) is 53.1 Å². The lowest BCUT2D eigenvalue weighted by molar-refractivity contribution is 0.119. The van der Waals surface area contributed by atoms with Crippen molar-refractivity contribution in [3.8, 4) is 0 Å². The fraction of sp³-hybridized carbons (Fsp3) is 0.733. The van der Waals surface area contributed by atoms with Crippen molar-refractivity contribution < 1.29 is 0 Å². The maximum absolute atomic E-state index is 11.8. The largest absolute Gasteiger partial charge is 0.354 e. The quantitative estimate of drug-likeness (QED) is 0.845. The van der Waals surface area contributed by atoms with Crippen LogP contribution in [0, 0.1) is 0 Å². The van der Waals surface area contributed by atoms with Crippen molar-refractivity contribution in [1.82, 2.24) is 14.9 Å². The highest BCUT2D eigenvalue weighted by Crippen LogP contribution is 2.38. The first-order valence-corrected chi connectivity index (χ1v) is 7.81. The van der Waals surface area contributed by atoms with Crippen LogP contribution in [-0.2, 0) is 0 Å². The molecule has 1 saturated heterocycles. The molecule has 116 valence electrons. The van der Waals surface area contributed by atoms with Gasteiger partial charge in [-0.05, 0) is 26.7 Å². The monoisotopic (exact) mass is 291 g/mol. The highest BCUT2D eigenvalue weighted by molar-refractivity contribution is 5.39. The SMILES string of the molecule is CC(C)(CN)N1CCN(c2cc(=O)[nH]c(C3CC3)n2)CC1. The molecule has 3 rings (SSSR count). The minimum absolute atomic E-state index is 0.0346. The summed E-state index contributed by atoms with van der Waals surface area (Å²) >= 11 is 0. The number of nitrogens with two attached hydrogens (primary N) is 1. The number of aromatic amines is 1. The van der Waals surface area contributed by atoms with Gasteiger partial charge in [0.25, 0.3) is 5.56 Å². The number of nitrogens with one attached hydrogen (secondary N) is 1. The molecule has 1 aliphatic carbocycles. The Kier molecular flexibility index (Phi) is 3.75. The minimum atomic E-state index is -0.0355. The van der Waals surface area contributed by atoms with E-state index in [1.165, 1.54) is 0 Å². The van der Waals surface area contributed by atoms with Gasteiger partial charge in [0.15, 0.2) is 0 Å². The summed E-state index contributed by atoms with van der Waals surface area (Å²) in [6.07, 6.45) is 2.29. The van der Waals surface area contributed by atoms with Gasteiger partial charge in [0, 0.05) is 50.2 Å². The summed E-state index contributed by atoms with van der Waals surface area (Å²) < 4.78 is 0.